The van der Waals surface area contributed by atoms with Crippen LogP contribution in [0.3, 0.4) is 0 Å². The van der Waals surface area contributed by atoms with Gasteiger partial charge in [-0.05, 0) is 48.6 Å². The number of thiophene rings is 2. The Morgan fingerprint density at radius 1 is 0.850 bits per heavy atom. The van der Waals surface area contributed by atoms with Crippen LogP contribution >= 0.6 is 22.7 Å². The summed E-state index contributed by atoms with van der Waals surface area (Å²) >= 11 is 3.78. The van der Waals surface area contributed by atoms with Crippen molar-refractivity contribution in [3.8, 4) is 0 Å². The molecule has 0 aliphatic heterocycles. The van der Waals surface area contributed by atoms with E-state index in [2.05, 4.69) is 61.7 Å². The van der Waals surface area contributed by atoms with Crippen LogP contribution in [0.25, 0.3) is 0 Å². The van der Waals surface area contributed by atoms with Gasteiger partial charge in [0.1, 0.15) is 0 Å². The number of rotatable bonds is 4. The minimum absolute atomic E-state index is 1.05. The summed E-state index contributed by atoms with van der Waals surface area (Å²) in [7, 11) is 0. The van der Waals surface area contributed by atoms with Crippen molar-refractivity contribution >= 4 is 22.7 Å². The molecule has 0 aliphatic rings. The molecule has 3 aromatic rings. The highest BCUT2D eigenvalue weighted by Gasteiger charge is 2.04. The van der Waals surface area contributed by atoms with E-state index in [9.17, 15) is 0 Å². The van der Waals surface area contributed by atoms with Crippen molar-refractivity contribution in [1.82, 2.24) is 0 Å². The van der Waals surface area contributed by atoms with Crippen LogP contribution in [0.4, 0.5) is 0 Å². The Morgan fingerprint density at radius 3 is 2.45 bits per heavy atom. The Balaban J connectivity index is 1.70. The molecule has 0 saturated heterocycles. The lowest BCUT2D eigenvalue weighted by Crippen LogP contribution is -1.85. The van der Waals surface area contributed by atoms with Crippen molar-refractivity contribution in [1.29, 1.82) is 0 Å². The van der Waals surface area contributed by atoms with Gasteiger partial charge in [-0.25, -0.2) is 0 Å². The quantitative estimate of drug-likeness (QED) is 0.587. The maximum absolute atomic E-state index is 2.36. The lowest BCUT2D eigenvalue weighted by Gasteiger charge is -2.00. The van der Waals surface area contributed by atoms with E-state index in [1.54, 1.807) is 0 Å². The molecule has 0 N–H and O–H groups in total. The molecule has 0 nitrogen and oxygen atoms in total. The van der Waals surface area contributed by atoms with Gasteiger partial charge in [-0.15, -0.1) is 22.7 Å². The van der Waals surface area contributed by atoms with Crippen molar-refractivity contribution < 1.29 is 0 Å². The Labute approximate surface area is 128 Å². The smallest absolute Gasteiger partial charge is 0.00921 e. The summed E-state index contributed by atoms with van der Waals surface area (Å²) in [4.78, 5) is 4.32. The van der Waals surface area contributed by atoms with Crippen LogP contribution in [0, 0.1) is 13.8 Å². The number of benzene rings is 1. The lowest BCUT2D eigenvalue weighted by atomic mass is 10.1. The molecule has 2 heterocycles. The summed E-state index contributed by atoms with van der Waals surface area (Å²) in [5.74, 6) is 0. The summed E-state index contributed by atoms with van der Waals surface area (Å²) in [5, 5.41) is 2.31. The van der Waals surface area contributed by atoms with Crippen molar-refractivity contribution in [2.45, 2.75) is 26.7 Å². The standard InChI is InChI=1S/C18H18S2/c1-13-4-3-5-15(8-13)9-18-11-16(12-19-18)10-17-7-6-14(2)20-17/h3-8,11-12H,9-10H2,1-2H3. The maximum Gasteiger partial charge on any atom is 0.00921 e. The average molecular weight is 298 g/mol. The highest BCUT2D eigenvalue weighted by molar-refractivity contribution is 7.12. The predicted octanol–water partition coefficient (Wildman–Crippen LogP) is 5.61. The van der Waals surface area contributed by atoms with Crippen molar-refractivity contribution in [2.75, 3.05) is 0 Å². The van der Waals surface area contributed by atoms with Gasteiger partial charge in [0.15, 0.2) is 0 Å². The maximum atomic E-state index is 2.36. The molecule has 2 heteroatoms. The fourth-order valence-corrected chi connectivity index (χ4v) is 4.26. The molecular weight excluding hydrogens is 280 g/mol. The van der Waals surface area contributed by atoms with Crippen molar-refractivity contribution in [3.63, 3.8) is 0 Å². The second-order valence-electron chi connectivity index (χ2n) is 5.28. The Hall–Kier alpha value is -1.38. The van der Waals surface area contributed by atoms with Crippen molar-refractivity contribution in [2.24, 2.45) is 0 Å². The molecule has 0 spiro atoms. The zero-order valence-electron chi connectivity index (χ0n) is 11.8. The zero-order valence-corrected chi connectivity index (χ0v) is 13.5. The summed E-state index contributed by atoms with van der Waals surface area (Å²) < 4.78 is 0. The van der Waals surface area contributed by atoms with E-state index < -0.39 is 0 Å². The number of hydrogen-bond acceptors (Lipinski definition) is 2. The van der Waals surface area contributed by atoms with Crippen LogP contribution in [0.15, 0.2) is 47.8 Å². The van der Waals surface area contributed by atoms with Crippen LogP contribution in [0.2, 0.25) is 0 Å². The number of hydrogen-bond donors (Lipinski definition) is 0. The topological polar surface area (TPSA) is 0 Å². The SMILES string of the molecule is Cc1cccc(Cc2cc(Cc3ccc(C)s3)cs2)c1. The first kappa shape index (κ1) is 13.6. The minimum Gasteiger partial charge on any atom is -0.148 e. The predicted molar refractivity (Wildman–Crippen MR) is 90.2 cm³/mol. The van der Waals surface area contributed by atoms with E-state index in [1.165, 1.54) is 31.3 Å². The summed E-state index contributed by atoms with van der Waals surface area (Å²) in [6.07, 6.45) is 2.12. The van der Waals surface area contributed by atoms with E-state index in [0.717, 1.165) is 12.8 Å². The lowest BCUT2D eigenvalue weighted by molar-refractivity contribution is 1.20. The second kappa shape index (κ2) is 5.94. The van der Waals surface area contributed by atoms with Gasteiger partial charge in [-0.1, -0.05) is 29.8 Å². The molecule has 0 fully saturated rings. The first-order chi connectivity index (χ1) is 9.69. The van der Waals surface area contributed by atoms with Gasteiger partial charge in [0.2, 0.25) is 0 Å². The van der Waals surface area contributed by atoms with Crippen LogP contribution in [0.5, 0.6) is 0 Å². The van der Waals surface area contributed by atoms with E-state index in [-0.39, 0.29) is 0 Å². The van der Waals surface area contributed by atoms with E-state index in [1.807, 2.05) is 22.7 Å². The van der Waals surface area contributed by atoms with Crippen LogP contribution < -0.4 is 0 Å². The molecule has 0 radical (unpaired) electrons. The fraction of sp³-hybridized carbons (Fsp3) is 0.222. The van der Waals surface area contributed by atoms with E-state index >= 15 is 0 Å². The first-order valence-electron chi connectivity index (χ1n) is 6.86. The van der Waals surface area contributed by atoms with Gasteiger partial charge >= 0.3 is 0 Å². The van der Waals surface area contributed by atoms with Gasteiger partial charge in [-0.2, -0.15) is 0 Å². The zero-order chi connectivity index (χ0) is 13.9. The molecule has 0 unspecified atom stereocenters. The molecule has 20 heavy (non-hydrogen) atoms. The molecule has 0 amide bonds. The summed E-state index contributed by atoms with van der Waals surface area (Å²) in [6, 6.07) is 15.6. The van der Waals surface area contributed by atoms with Gasteiger partial charge in [-0.3, -0.25) is 0 Å². The Morgan fingerprint density at radius 2 is 1.70 bits per heavy atom. The second-order valence-corrected chi connectivity index (χ2v) is 7.64. The molecule has 0 atom stereocenters. The van der Waals surface area contributed by atoms with Gasteiger partial charge in [0.25, 0.3) is 0 Å². The number of aryl methyl sites for hydroxylation is 2. The van der Waals surface area contributed by atoms with Crippen molar-refractivity contribution in [3.05, 3.63) is 79.2 Å². The minimum atomic E-state index is 1.05. The molecule has 0 bridgehead atoms. The third-order valence-corrected chi connectivity index (χ3v) is 5.33. The molecule has 3 rings (SSSR count). The monoisotopic (exact) mass is 298 g/mol. The van der Waals surface area contributed by atoms with E-state index in [4.69, 9.17) is 0 Å². The fourth-order valence-electron chi connectivity index (χ4n) is 2.42. The van der Waals surface area contributed by atoms with Gasteiger partial charge < -0.3 is 0 Å². The average Bonchev–Trinajstić information content (AvgIpc) is 3.00. The molecule has 2 aromatic heterocycles. The largest absolute Gasteiger partial charge is 0.148 e. The third kappa shape index (κ3) is 3.38. The summed E-state index contributed by atoms with van der Waals surface area (Å²) in [5.41, 5.74) is 4.19. The molecule has 1 aromatic carbocycles. The summed E-state index contributed by atoms with van der Waals surface area (Å²) in [6.45, 7) is 4.33. The first-order valence-corrected chi connectivity index (χ1v) is 8.56. The Kier molecular flexibility index (Phi) is 4.04. The third-order valence-electron chi connectivity index (χ3n) is 3.34. The highest BCUT2D eigenvalue weighted by atomic mass is 32.1. The van der Waals surface area contributed by atoms with Crippen LogP contribution in [-0.4, -0.2) is 0 Å². The van der Waals surface area contributed by atoms with Gasteiger partial charge in [0, 0.05) is 27.5 Å². The van der Waals surface area contributed by atoms with Crippen LogP contribution in [-0.2, 0) is 12.8 Å². The van der Waals surface area contributed by atoms with Crippen LogP contribution in [0.1, 0.15) is 31.3 Å². The van der Waals surface area contributed by atoms with Gasteiger partial charge in [0.05, 0.1) is 0 Å². The molecule has 0 saturated carbocycles. The molecule has 102 valence electrons. The molecular formula is C18H18S2. The highest BCUT2D eigenvalue weighted by Crippen LogP contribution is 2.24. The normalized spacial score (nSPS) is 10.9. The van der Waals surface area contributed by atoms with E-state index in [0.29, 0.717) is 0 Å². The molecule has 0 aliphatic carbocycles. The Bertz CT molecular complexity index is 704.